The SMILES string of the molecule is CCC(C)(C)C(=O)OCc1ccc(NC(=O)[C@H](CCCNC(N)=O)NC(=O)C(NC(=O)[C@H](CCN2C(=O)C=CC2=O)S(=O)(=O)O)C(C)C)cc1. The van der Waals surface area contributed by atoms with Gasteiger partial charge in [-0.1, -0.05) is 32.9 Å². The van der Waals surface area contributed by atoms with Gasteiger partial charge in [0.2, 0.25) is 17.7 Å². The van der Waals surface area contributed by atoms with Gasteiger partial charge in [0.05, 0.1) is 5.41 Å². The first-order valence-corrected chi connectivity index (χ1v) is 17.5. The van der Waals surface area contributed by atoms with Crippen molar-refractivity contribution in [2.75, 3.05) is 18.4 Å². The summed E-state index contributed by atoms with van der Waals surface area (Å²) < 4.78 is 39.4. The number of benzene rings is 1. The molecule has 7 N–H and O–H groups in total. The molecule has 1 unspecified atom stereocenters. The number of rotatable bonds is 19. The van der Waals surface area contributed by atoms with Gasteiger partial charge in [-0.05, 0) is 63.1 Å². The molecule has 0 aliphatic carbocycles. The van der Waals surface area contributed by atoms with Gasteiger partial charge >= 0.3 is 12.0 Å². The van der Waals surface area contributed by atoms with E-state index in [1.165, 1.54) is 0 Å². The summed E-state index contributed by atoms with van der Waals surface area (Å²) in [6.07, 6.45) is 2.12. The van der Waals surface area contributed by atoms with Crippen molar-refractivity contribution in [3.05, 3.63) is 42.0 Å². The molecule has 0 aromatic heterocycles. The summed E-state index contributed by atoms with van der Waals surface area (Å²) in [7, 11) is -5.05. The molecule has 17 nitrogen and oxygen atoms in total. The summed E-state index contributed by atoms with van der Waals surface area (Å²) >= 11 is 0. The number of nitrogens with zero attached hydrogens (tertiary/aromatic N) is 1. The fraction of sp³-hybridized carbons (Fsp3) is 0.531. The second-order valence-corrected chi connectivity index (χ2v) is 14.3. The van der Waals surface area contributed by atoms with E-state index in [0.717, 1.165) is 12.2 Å². The zero-order valence-electron chi connectivity index (χ0n) is 28.7. The molecule has 7 amide bonds. The second-order valence-electron chi connectivity index (χ2n) is 12.7. The van der Waals surface area contributed by atoms with Gasteiger partial charge in [-0.15, -0.1) is 0 Å². The van der Waals surface area contributed by atoms with E-state index in [-0.39, 0.29) is 32.0 Å². The molecule has 3 atom stereocenters. The minimum absolute atomic E-state index is 0.0113. The second kappa shape index (κ2) is 18.2. The molecule has 0 fully saturated rings. The number of hydrogen-bond acceptors (Lipinski definition) is 10. The molecule has 0 bridgehead atoms. The van der Waals surface area contributed by atoms with Crippen LogP contribution in [0.2, 0.25) is 0 Å². The molecular formula is C32H46N6O11S. The molecule has 0 spiro atoms. The Bertz CT molecular complexity index is 1560. The van der Waals surface area contributed by atoms with E-state index >= 15 is 0 Å². The fourth-order valence-corrected chi connectivity index (χ4v) is 5.29. The van der Waals surface area contributed by atoms with Gasteiger partial charge in [0.15, 0.2) is 5.25 Å². The highest BCUT2D eigenvalue weighted by Gasteiger charge is 2.37. The van der Waals surface area contributed by atoms with Crippen molar-refractivity contribution in [3.63, 3.8) is 0 Å². The lowest BCUT2D eigenvalue weighted by molar-refractivity contribution is -0.155. The van der Waals surface area contributed by atoms with Crippen LogP contribution in [-0.4, -0.2) is 89.8 Å². The molecule has 0 radical (unpaired) electrons. The number of imide groups is 1. The molecule has 1 aromatic carbocycles. The van der Waals surface area contributed by atoms with Crippen LogP contribution >= 0.6 is 0 Å². The van der Waals surface area contributed by atoms with Crippen LogP contribution in [0, 0.1) is 11.3 Å². The summed E-state index contributed by atoms with van der Waals surface area (Å²) in [5, 5.41) is 7.80. The van der Waals surface area contributed by atoms with Crippen molar-refractivity contribution in [1.29, 1.82) is 0 Å². The van der Waals surface area contributed by atoms with Gasteiger partial charge in [0, 0.05) is 30.9 Å². The van der Waals surface area contributed by atoms with E-state index < -0.39 is 87.3 Å². The molecule has 1 aliphatic heterocycles. The van der Waals surface area contributed by atoms with Gasteiger partial charge in [-0.25, -0.2) is 4.79 Å². The average molecular weight is 723 g/mol. The van der Waals surface area contributed by atoms with Gasteiger partial charge in [0.25, 0.3) is 21.9 Å². The molecule has 276 valence electrons. The van der Waals surface area contributed by atoms with E-state index in [2.05, 4.69) is 21.3 Å². The molecule has 1 aromatic rings. The van der Waals surface area contributed by atoms with Crippen LogP contribution in [0.3, 0.4) is 0 Å². The van der Waals surface area contributed by atoms with Crippen LogP contribution in [0.1, 0.15) is 65.9 Å². The van der Waals surface area contributed by atoms with Crippen molar-refractivity contribution in [2.24, 2.45) is 17.1 Å². The number of hydrogen-bond donors (Lipinski definition) is 6. The lowest BCUT2D eigenvalue weighted by Crippen LogP contribution is -2.56. The van der Waals surface area contributed by atoms with Crippen molar-refractivity contribution < 1.29 is 51.3 Å². The van der Waals surface area contributed by atoms with Gasteiger partial charge in [-0.2, -0.15) is 8.42 Å². The molecule has 50 heavy (non-hydrogen) atoms. The predicted octanol–water partition coefficient (Wildman–Crippen LogP) is 0.750. The van der Waals surface area contributed by atoms with Crippen LogP contribution in [-0.2, 0) is 50.2 Å². The highest BCUT2D eigenvalue weighted by Crippen LogP contribution is 2.22. The number of anilines is 1. The number of nitrogens with two attached hydrogens (primary N) is 1. The Balaban J connectivity index is 2.16. The Morgan fingerprint density at radius 1 is 0.940 bits per heavy atom. The zero-order chi connectivity index (χ0) is 37.8. The number of primary amides is 1. The van der Waals surface area contributed by atoms with Crippen LogP contribution in [0.5, 0.6) is 0 Å². The average Bonchev–Trinajstić information content (AvgIpc) is 3.35. The predicted molar refractivity (Wildman–Crippen MR) is 180 cm³/mol. The van der Waals surface area contributed by atoms with Crippen molar-refractivity contribution in [1.82, 2.24) is 20.9 Å². The Hall–Kier alpha value is -4.84. The van der Waals surface area contributed by atoms with E-state index in [1.54, 1.807) is 52.0 Å². The summed E-state index contributed by atoms with van der Waals surface area (Å²) in [5.74, 6) is -5.19. The van der Waals surface area contributed by atoms with E-state index in [4.69, 9.17) is 10.5 Å². The molecule has 1 aliphatic rings. The lowest BCUT2D eigenvalue weighted by Gasteiger charge is -2.27. The molecule has 0 saturated carbocycles. The van der Waals surface area contributed by atoms with Gasteiger partial charge < -0.3 is 31.7 Å². The third-order valence-corrected chi connectivity index (χ3v) is 9.21. The Kier molecular flexibility index (Phi) is 15.1. The Labute approximate surface area is 290 Å². The molecule has 18 heteroatoms. The third kappa shape index (κ3) is 12.6. The number of nitrogens with one attached hydrogen (secondary N) is 4. The molecule has 0 saturated heterocycles. The van der Waals surface area contributed by atoms with Crippen LogP contribution < -0.4 is 27.0 Å². The smallest absolute Gasteiger partial charge is 0.312 e. The minimum Gasteiger partial charge on any atom is -0.460 e. The fourth-order valence-electron chi connectivity index (χ4n) is 4.54. The largest absolute Gasteiger partial charge is 0.460 e. The topological polar surface area (TPSA) is 260 Å². The monoisotopic (exact) mass is 722 g/mol. The maximum absolute atomic E-state index is 13.5. The normalized spacial score (nSPS) is 14.9. The molecular weight excluding hydrogens is 676 g/mol. The van der Waals surface area contributed by atoms with E-state index in [1.807, 2.05) is 6.92 Å². The van der Waals surface area contributed by atoms with E-state index in [9.17, 15) is 46.5 Å². The number of ether oxygens (including phenoxy) is 1. The highest BCUT2D eigenvalue weighted by atomic mass is 32.2. The number of urea groups is 1. The third-order valence-electron chi connectivity index (χ3n) is 8.04. The number of carbonyl (C=O) groups excluding carboxylic acids is 7. The van der Waals surface area contributed by atoms with Crippen molar-refractivity contribution in [2.45, 2.75) is 84.2 Å². The first-order valence-electron chi connectivity index (χ1n) is 16.0. The first-order chi connectivity index (χ1) is 23.3. The van der Waals surface area contributed by atoms with Crippen LogP contribution in [0.4, 0.5) is 10.5 Å². The molecule has 2 rings (SSSR count). The maximum atomic E-state index is 13.5. The number of esters is 1. The van der Waals surface area contributed by atoms with Gasteiger partial charge in [0.1, 0.15) is 18.7 Å². The van der Waals surface area contributed by atoms with Crippen molar-refractivity contribution >= 4 is 57.3 Å². The van der Waals surface area contributed by atoms with Crippen LogP contribution in [0.15, 0.2) is 36.4 Å². The summed E-state index contributed by atoms with van der Waals surface area (Å²) in [6, 6.07) is 3.07. The van der Waals surface area contributed by atoms with Crippen molar-refractivity contribution in [3.8, 4) is 0 Å². The summed E-state index contributed by atoms with van der Waals surface area (Å²) in [5.41, 5.74) is 5.49. The maximum Gasteiger partial charge on any atom is 0.312 e. The zero-order valence-corrected chi connectivity index (χ0v) is 29.5. The van der Waals surface area contributed by atoms with Gasteiger partial charge in [-0.3, -0.25) is 38.2 Å². The summed E-state index contributed by atoms with van der Waals surface area (Å²) in [6.45, 7) is 8.15. The molecule has 1 heterocycles. The Morgan fingerprint density at radius 2 is 1.54 bits per heavy atom. The number of carbonyl (C=O) groups is 7. The highest BCUT2D eigenvalue weighted by molar-refractivity contribution is 7.87. The minimum atomic E-state index is -5.05. The van der Waals surface area contributed by atoms with Crippen LogP contribution in [0.25, 0.3) is 0 Å². The Morgan fingerprint density at radius 3 is 2.06 bits per heavy atom. The first kappa shape index (κ1) is 41.3. The quantitative estimate of drug-likeness (QED) is 0.0502. The van der Waals surface area contributed by atoms with E-state index in [0.29, 0.717) is 22.6 Å². The lowest BCUT2D eigenvalue weighted by atomic mass is 9.91. The number of amides is 7. The standard InChI is InChI=1S/C32H46N6O11S/c1-6-32(4,5)30(44)49-18-20-9-11-21(12-10-20)35-27(41)22(8-7-16-34-31(33)45)36-29(43)26(19(2)3)37-28(42)23(50(46,47)48)15-17-38-24(39)13-14-25(38)40/h9-14,19,22-23,26H,6-8,15-18H2,1-5H3,(H,35,41)(H,36,43)(H,37,42)(H3,33,34,45)(H,46,47,48)/t22-,23-,26?/m0/s1. The summed E-state index contributed by atoms with van der Waals surface area (Å²) in [4.78, 5) is 87.7.